The largest absolute Gasteiger partial charge is 0.301 e. The Morgan fingerprint density at radius 3 is 2.60 bits per heavy atom. The fourth-order valence-corrected chi connectivity index (χ4v) is 2.18. The molecule has 20 heavy (non-hydrogen) atoms. The first-order chi connectivity index (χ1) is 9.72. The molecule has 1 aromatic carbocycles. The summed E-state index contributed by atoms with van der Waals surface area (Å²) in [4.78, 5) is 22.5. The van der Waals surface area contributed by atoms with E-state index in [-0.39, 0.29) is 18.2 Å². The van der Waals surface area contributed by atoms with Crippen molar-refractivity contribution in [3.8, 4) is 11.3 Å². The van der Waals surface area contributed by atoms with Gasteiger partial charge >= 0.3 is 0 Å². The van der Waals surface area contributed by atoms with E-state index < -0.39 is 6.04 Å². The van der Waals surface area contributed by atoms with Crippen LogP contribution in [0.5, 0.6) is 0 Å². The topological polar surface area (TPSA) is 86.9 Å². The maximum absolute atomic E-state index is 11.4. The summed E-state index contributed by atoms with van der Waals surface area (Å²) in [6.45, 7) is 0.550. The number of aromatic nitrogens is 2. The van der Waals surface area contributed by atoms with Crippen LogP contribution in [0.15, 0.2) is 36.5 Å². The van der Waals surface area contributed by atoms with Crippen molar-refractivity contribution in [2.24, 2.45) is 0 Å². The summed E-state index contributed by atoms with van der Waals surface area (Å²) in [5.41, 5.74) is 3.07. The molecule has 2 aromatic rings. The van der Waals surface area contributed by atoms with Gasteiger partial charge in [-0.1, -0.05) is 24.3 Å². The molecule has 1 unspecified atom stereocenters. The Morgan fingerprint density at radius 2 is 2.00 bits per heavy atom. The number of H-pyrrole nitrogens is 1. The van der Waals surface area contributed by atoms with Crippen LogP contribution in [0.3, 0.4) is 0 Å². The molecule has 6 heteroatoms. The fraction of sp³-hybridized carbons (Fsp3) is 0.214. The summed E-state index contributed by atoms with van der Waals surface area (Å²) in [6.07, 6.45) is 1.92. The lowest BCUT2D eigenvalue weighted by Gasteiger charge is -2.09. The molecule has 1 aromatic heterocycles. The van der Waals surface area contributed by atoms with Crippen molar-refractivity contribution in [2.75, 3.05) is 0 Å². The van der Waals surface area contributed by atoms with Crippen molar-refractivity contribution in [1.29, 1.82) is 0 Å². The SMILES string of the molecule is O=C1CC(NCc2ccc(-c3ccn[nH]3)cc2)C(=O)N1. The Hall–Kier alpha value is -2.47. The van der Waals surface area contributed by atoms with E-state index in [4.69, 9.17) is 0 Å². The van der Waals surface area contributed by atoms with Gasteiger partial charge in [0.25, 0.3) is 0 Å². The van der Waals surface area contributed by atoms with Crippen LogP contribution >= 0.6 is 0 Å². The van der Waals surface area contributed by atoms with Gasteiger partial charge in [-0.2, -0.15) is 5.10 Å². The number of hydrogen-bond donors (Lipinski definition) is 3. The summed E-state index contributed by atoms with van der Waals surface area (Å²) < 4.78 is 0. The molecule has 0 spiro atoms. The quantitative estimate of drug-likeness (QED) is 0.709. The van der Waals surface area contributed by atoms with Crippen LogP contribution in [0, 0.1) is 0 Å². The lowest BCUT2D eigenvalue weighted by Crippen LogP contribution is -2.35. The number of amides is 2. The zero-order chi connectivity index (χ0) is 13.9. The van der Waals surface area contributed by atoms with Crippen molar-refractivity contribution in [3.05, 3.63) is 42.1 Å². The molecule has 1 atom stereocenters. The molecule has 0 radical (unpaired) electrons. The Balaban J connectivity index is 1.61. The summed E-state index contributed by atoms with van der Waals surface area (Å²) in [7, 11) is 0. The van der Waals surface area contributed by atoms with Crippen LogP contribution in [-0.2, 0) is 16.1 Å². The van der Waals surface area contributed by atoms with Crippen molar-refractivity contribution in [2.45, 2.75) is 19.0 Å². The number of nitrogens with one attached hydrogen (secondary N) is 3. The fourth-order valence-electron chi connectivity index (χ4n) is 2.18. The molecule has 3 rings (SSSR count). The highest BCUT2D eigenvalue weighted by Crippen LogP contribution is 2.16. The highest BCUT2D eigenvalue weighted by atomic mass is 16.2. The van der Waals surface area contributed by atoms with Gasteiger partial charge in [-0.05, 0) is 17.2 Å². The third-order valence-corrected chi connectivity index (χ3v) is 3.29. The summed E-state index contributed by atoms with van der Waals surface area (Å²) in [6, 6.07) is 9.43. The highest BCUT2D eigenvalue weighted by molar-refractivity contribution is 6.05. The van der Waals surface area contributed by atoms with Gasteiger partial charge in [-0.15, -0.1) is 0 Å². The second-order valence-corrected chi connectivity index (χ2v) is 4.72. The van der Waals surface area contributed by atoms with Crippen molar-refractivity contribution in [1.82, 2.24) is 20.8 Å². The van der Waals surface area contributed by atoms with Crippen LogP contribution < -0.4 is 10.6 Å². The number of carbonyl (C=O) groups is 2. The number of nitrogens with zero attached hydrogens (tertiary/aromatic N) is 1. The third-order valence-electron chi connectivity index (χ3n) is 3.29. The number of imide groups is 1. The Labute approximate surface area is 115 Å². The van der Waals surface area contributed by atoms with Crippen molar-refractivity contribution < 1.29 is 9.59 Å². The van der Waals surface area contributed by atoms with Crippen LogP contribution in [0.1, 0.15) is 12.0 Å². The van der Waals surface area contributed by atoms with E-state index in [9.17, 15) is 9.59 Å². The molecular formula is C14H14N4O2. The predicted molar refractivity (Wildman–Crippen MR) is 72.4 cm³/mol. The van der Waals surface area contributed by atoms with Crippen LogP contribution in [-0.4, -0.2) is 28.1 Å². The maximum Gasteiger partial charge on any atom is 0.244 e. The number of hydrogen-bond acceptors (Lipinski definition) is 4. The van der Waals surface area contributed by atoms with Gasteiger partial charge in [0, 0.05) is 12.7 Å². The second kappa shape index (κ2) is 5.26. The molecule has 1 aliphatic rings. The molecule has 0 aliphatic carbocycles. The molecule has 2 heterocycles. The Kier molecular flexibility index (Phi) is 3.30. The molecule has 1 saturated heterocycles. The van der Waals surface area contributed by atoms with Gasteiger partial charge in [-0.25, -0.2) is 0 Å². The third kappa shape index (κ3) is 2.60. The normalized spacial score (nSPS) is 18.3. The molecule has 1 fully saturated rings. The Morgan fingerprint density at radius 1 is 1.20 bits per heavy atom. The highest BCUT2D eigenvalue weighted by Gasteiger charge is 2.29. The maximum atomic E-state index is 11.4. The minimum atomic E-state index is -0.421. The first kappa shape index (κ1) is 12.6. The molecule has 0 saturated carbocycles. The molecule has 2 amide bonds. The number of carbonyl (C=O) groups excluding carboxylic acids is 2. The lowest BCUT2D eigenvalue weighted by molar-refractivity contribution is -0.125. The molecule has 1 aliphatic heterocycles. The number of aromatic amines is 1. The first-order valence-electron chi connectivity index (χ1n) is 6.38. The number of rotatable bonds is 4. The first-order valence-corrected chi connectivity index (χ1v) is 6.38. The zero-order valence-electron chi connectivity index (χ0n) is 10.7. The second-order valence-electron chi connectivity index (χ2n) is 4.72. The van der Waals surface area contributed by atoms with Gasteiger partial charge < -0.3 is 5.32 Å². The summed E-state index contributed by atoms with van der Waals surface area (Å²) in [5, 5.41) is 12.2. The van der Waals surface area contributed by atoms with Crippen molar-refractivity contribution in [3.63, 3.8) is 0 Å². The zero-order valence-corrected chi connectivity index (χ0v) is 10.7. The molecule has 102 valence electrons. The standard InChI is InChI=1S/C14H14N4O2/c19-13-7-12(14(20)17-13)15-8-9-1-3-10(4-2-9)11-5-6-16-18-11/h1-6,12,15H,7-8H2,(H,16,18)(H,17,19,20). The average molecular weight is 270 g/mol. The van der Waals surface area contributed by atoms with E-state index >= 15 is 0 Å². The Bertz CT molecular complexity index is 619. The minimum absolute atomic E-state index is 0.213. The van der Waals surface area contributed by atoms with E-state index in [0.717, 1.165) is 16.8 Å². The van der Waals surface area contributed by atoms with E-state index in [2.05, 4.69) is 20.8 Å². The van der Waals surface area contributed by atoms with Gasteiger partial charge in [0.05, 0.1) is 18.2 Å². The van der Waals surface area contributed by atoms with Crippen molar-refractivity contribution >= 4 is 11.8 Å². The smallest absolute Gasteiger partial charge is 0.244 e. The monoisotopic (exact) mass is 270 g/mol. The van der Waals surface area contributed by atoms with Crippen LogP contribution in [0.2, 0.25) is 0 Å². The molecule has 6 nitrogen and oxygen atoms in total. The van der Waals surface area contributed by atoms with Gasteiger partial charge in [0.1, 0.15) is 0 Å². The predicted octanol–water partition coefficient (Wildman–Crippen LogP) is 0.581. The van der Waals surface area contributed by atoms with Crippen LogP contribution in [0.4, 0.5) is 0 Å². The van der Waals surface area contributed by atoms with Crippen LogP contribution in [0.25, 0.3) is 11.3 Å². The lowest BCUT2D eigenvalue weighted by atomic mass is 10.1. The van der Waals surface area contributed by atoms with Gasteiger partial charge in [0.2, 0.25) is 11.8 Å². The van der Waals surface area contributed by atoms with E-state index in [1.807, 2.05) is 30.3 Å². The van der Waals surface area contributed by atoms with E-state index in [0.29, 0.717) is 6.54 Å². The van der Waals surface area contributed by atoms with Gasteiger partial charge in [0.15, 0.2) is 0 Å². The van der Waals surface area contributed by atoms with E-state index in [1.165, 1.54) is 0 Å². The molecular weight excluding hydrogens is 256 g/mol. The molecule has 0 bridgehead atoms. The average Bonchev–Trinajstić information content (AvgIpc) is 3.07. The minimum Gasteiger partial charge on any atom is -0.301 e. The summed E-state index contributed by atoms with van der Waals surface area (Å²) in [5.74, 6) is -0.467. The summed E-state index contributed by atoms with van der Waals surface area (Å²) >= 11 is 0. The molecule has 3 N–H and O–H groups in total. The van der Waals surface area contributed by atoms with E-state index in [1.54, 1.807) is 6.20 Å². The van der Waals surface area contributed by atoms with Gasteiger partial charge in [-0.3, -0.25) is 20.0 Å². The number of benzene rings is 1.